The van der Waals surface area contributed by atoms with E-state index in [0.717, 1.165) is 17.8 Å². The van der Waals surface area contributed by atoms with Gasteiger partial charge >= 0.3 is 0 Å². The van der Waals surface area contributed by atoms with Gasteiger partial charge in [0.05, 0.1) is 13.2 Å². The number of rotatable bonds is 5. The standard InChI is InChI=1S/C20H24N2O3/c1-4-6-16-8-9-18(19(13-16)24-3)25-14-20(23)22-12-11-21-10-5-7-17(21)15(22)2/h4-10,13,15H,11-12,14H2,1-3H3/b6-4+/t15-/m1/s1. The third-order valence-corrected chi connectivity index (χ3v) is 4.56. The maximum Gasteiger partial charge on any atom is 0.261 e. The molecule has 3 rings (SSSR count). The van der Waals surface area contributed by atoms with Crippen LogP contribution in [0.3, 0.4) is 0 Å². The number of hydrogen-bond donors (Lipinski definition) is 0. The molecule has 0 fully saturated rings. The third-order valence-electron chi connectivity index (χ3n) is 4.56. The van der Waals surface area contributed by atoms with Crippen LogP contribution in [0.2, 0.25) is 0 Å². The van der Waals surface area contributed by atoms with Crippen molar-refractivity contribution in [2.45, 2.75) is 26.4 Å². The van der Waals surface area contributed by atoms with E-state index in [1.165, 1.54) is 0 Å². The zero-order valence-corrected chi connectivity index (χ0v) is 14.9. The van der Waals surface area contributed by atoms with Crippen molar-refractivity contribution in [3.05, 3.63) is 53.9 Å². The molecule has 2 aromatic rings. The van der Waals surface area contributed by atoms with Crippen LogP contribution in [0.1, 0.15) is 31.1 Å². The van der Waals surface area contributed by atoms with Crippen LogP contribution in [-0.2, 0) is 11.3 Å². The maximum atomic E-state index is 12.6. The number of hydrogen-bond acceptors (Lipinski definition) is 3. The van der Waals surface area contributed by atoms with E-state index >= 15 is 0 Å². The summed E-state index contributed by atoms with van der Waals surface area (Å²) in [5.41, 5.74) is 2.19. The van der Waals surface area contributed by atoms with E-state index in [0.29, 0.717) is 18.0 Å². The molecule has 0 N–H and O–H groups in total. The van der Waals surface area contributed by atoms with Gasteiger partial charge in [0.15, 0.2) is 18.1 Å². The van der Waals surface area contributed by atoms with Gasteiger partial charge in [-0.2, -0.15) is 0 Å². The molecule has 5 heteroatoms. The van der Waals surface area contributed by atoms with Crippen LogP contribution in [0, 0.1) is 0 Å². The highest BCUT2D eigenvalue weighted by molar-refractivity contribution is 5.78. The fourth-order valence-corrected chi connectivity index (χ4v) is 3.24. The Morgan fingerprint density at radius 2 is 2.12 bits per heavy atom. The number of allylic oxidation sites excluding steroid dienone is 1. The largest absolute Gasteiger partial charge is 0.493 e. The van der Waals surface area contributed by atoms with Crippen LogP contribution >= 0.6 is 0 Å². The van der Waals surface area contributed by atoms with Gasteiger partial charge in [-0.15, -0.1) is 0 Å². The van der Waals surface area contributed by atoms with Gasteiger partial charge in [0.1, 0.15) is 0 Å². The minimum atomic E-state index is -0.0143. The first kappa shape index (κ1) is 17.1. The van der Waals surface area contributed by atoms with Gasteiger partial charge in [0, 0.05) is 25.0 Å². The Morgan fingerprint density at radius 3 is 2.88 bits per heavy atom. The van der Waals surface area contributed by atoms with Gasteiger partial charge in [-0.3, -0.25) is 4.79 Å². The molecular formula is C20H24N2O3. The third kappa shape index (κ3) is 3.55. The van der Waals surface area contributed by atoms with Crippen molar-refractivity contribution in [1.82, 2.24) is 9.47 Å². The van der Waals surface area contributed by atoms with Crippen molar-refractivity contribution >= 4 is 12.0 Å². The van der Waals surface area contributed by atoms with Gasteiger partial charge in [0.2, 0.25) is 0 Å². The highest BCUT2D eigenvalue weighted by Gasteiger charge is 2.27. The summed E-state index contributed by atoms with van der Waals surface area (Å²) in [5, 5.41) is 0. The summed E-state index contributed by atoms with van der Waals surface area (Å²) >= 11 is 0. The number of benzene rings is 1. The molecule has 1 atom stereocenters. The summed E-state index contributed by atoms with van der Waals surface area (Å²) in [6.07, 6.45) is 6.01. The molecule has 1 aliphatic rings. The Labute approximate surface area is 148 Å². The number of fused-ring (bicyclic) bond motifs is 1. The molecule has 0 aliphatic carbocycles. The molecule has 132 valence electrons. The van der Waals surface area contributed by atoms with Gasteiger partial charge in [-0.05, 0) is 43.7 Å². The Hall–Kier alpha value is -2.69. The molecule has 1 aliphatic heterocycles. The van der Waals surface area contributed by atoms with Crippen LogP contribution in [0.15, 0.2) is 42.6 Å². The smallest absolute Gasteiger partial charge is 0.261 e. The molecule has 1 aromatic heterocycles. The van der Waals surface area contributed by atoms with Crippen LogP contribution < -0.4 is 9.47 Å². The summed E-state index contributed by atoms with van der Waals surface area (Å²) in [5.74, 6) is 1.20. The molecule has 0 saturated carbocycles. The molecule has 0 spiro atoms. The molecule has 0 radical (unpaired) electrons. The second-order valence-electron chi connectivity index (χ2n) is 6.09. The highest BCUT2D eigenvalue weighted by atomic mass is 16.5. The van der Waals surface area contributed by atoms with E-state index in [9.17, 15) is 4.79 Å². The number of carbonyl (C=O) groups is 1. The predicted octanol–water partition coefficient (Wildman–Crippen LogP) is 3.51. The topological polar surface area (TPSA) is 43.7 Å². The van der Waals surface area contributed by atoms with Crippen molar-refractivity contribution in [2.75, 3.05) is 20.3 Å². The average Bonchev–Trinajstić information content (AvgIpc) is 3.10. The summed E-state index contributed by atoms with van der Waals surface area (Å²) in [6.45, 7) is 5.54. The molecule has 0 unspecified atom stereocenters. The average molecular weight is 340 g/mol. The van der Waals surface area contributed by atoms with E-state index in [2.05, 4.69) is 23.8 Å². The van der Waals surface area contributed by atoms with Crippen molar-refractivity contribution in [3.8, 4) is 11.5 Å². The predicted molar refractivity (Wildman–Crippen MR) is 97.8 cm³/mol. The molecular weight excluding hydrogens is 316 g/mol. The van der Waals surface area contributed by atoms with Crippen LogP contribution in [-0.4, -0.2) is 35.6 Å². The van der Waals surface area contributed by atoms with Crippen molar-refractivity contribution in [2.24, 2.45) is 0 Å². The van der Waals surface area contributed by atoms with E-state index in [-0.39, 0.29) is 18.6 Å². The lowest BCUT2D eigenvalue weighted by molar-refractivity contribution is -0.136. The second-order valence-corrected chi connectivity index (χ2v) is 6.09. The molecule has 2 heterocycles. The number of amides is 1. The Bertz CT molecular complexity index is 779. The first-order chi connectivity index (χ1) is 12.1. The fourth-order valence-electron chi connectivity index (χ4n) is 3.24. The zero-order valence-electron chi connectivity index (χ0n) is 14.9. The first-order valence-corrected chi connectivity index (χ1v) is 8.52. The molecule has 0 saturated heterocycles. The Balaban J connectivity index is 1.67. The van der Waals surface area contributed by atoms with Crippen LogP contribution in [0.4, 0.5) is 0 Å². The van der Waals surface area contributed by atoms with E-state index in [1.54, 1.807) is 7.11 Å². The summed E-state index contributed by atoms with van der Waals surface area (Å²) in [7, 11) is 1.60. The monoisotopic (exact) mass is 340 g/mol. The molecule has 25 heavy (non-hydrogen) atoms. The van der Waals surface area contributed by atoms with E-state index < -0.39 is 0 Å². The molecule has 0 bridgehead atoms. The summed E-state index contributed by atoms with van der Waals surface area (Å²) in [4.78, 5) is 14.5. The van der Waals surface area contributed by atoms with Gasteiger partial charge in [0.25, 0.3) is 5.91 Å². The van der Waals surface area contributed by atoms with E-state index in [1.807, 2.05) is 48.2 Å². The number of methoxy groups -OCH3 is 1. The lowest BCUT2D eigenvalue weighted by atomic mass is 10.1. The quantitative estimate of drug-likeness (QED) is 0.836. The number of ether oxygens (including phenoxy) is 2. The highest BCUT2D eigenvalue weighted by Crippen LogP contribution is 2.29. The maximum absolute atomic E-state index is 12.6. The number of carbonyl (C=O) groups excluding carboxylic acids is 1. The Morgan fingerprint density at radius 1 is 1.28 bits per heavy atom. The lowest BCUT2D eigenvalue weighted by Crippen LogP contribution is -2.42. The normalized spacial score (nSPS) is 16.8. The SMILES string of the molecule is C/C=C/c1ccc(OCC(=O)N2CCn3cccc3[C@H]2C)c(OC)c1. The first-order valence-electron chi connectivity index (χ1n) is 8.52. The lowest BCUT2D eigenvalue weighted by Gasteiger charge is -2.34. The van der Waals surface area contributed by atoms with Crippen LogP contribution in [0.25, 0.3) is 6.08 Å². The van der Waals surface area contributed by atoms with Crippen molar-refractivity contribution in [1.29, 1.82) is 0 Å². The van der Waals surface area contributed by atoms with Gasteiger partial charge in [-0.1, -0.05) is 18.2 Å². The number of aromatic nitrogens is 1. The van der Waals surface area contributed by atoms with Crippen LogP contribution in [0.5, 0.6) is 11.5 Å². The minimum Gasteiger partial charge on any atom is -0.493 e. The molecule has 5 nitrogen and oxygen atoms in total. The minimum absolute atomic E-state index is 0.00434. The zero-order chi connectivity index (χ0) is 17.8. The van der Waals surface area contributed by atoms with E-state index in [4.69, 9.17) is 9.47 Å². The van der Waals surface area contributed by atoms with Gasteiger partial charge in [-0.25, -0.2) is 0 Å². The summed E-state index contributed by atoms with van der Waals surface area (Å²) < 4.78 is 13.3. The van der Waals surface area contributed by atoms with Crippen molar-refractivity contribution < 1.29 is 14.3 Å². The fraction of sp³-hybridized carbons (Fsp3) is 0.350. The van der Waals surface area contributed by atoms with Gasteiger partial charge < -0.3 is 18.9 Å². The number of nitrogens with zero attached hydrogens (tertiary/aromatic N) is 2. The molecule has 1 amide bonds. The molecule has 1 aromatic carbocycles. The Kier molecular flexibility index (Phi) is 5.12. The summed E-state index contributed by atoms with van der Waals surface area (Å²) in [6, 6.07) is 9.82. The second kappa shape index (κ2) is 7.47. The van der Waals surface area contributed by atoms with Crippen molar-refractivity contribution in [3.63, 3.8) is 0 Å².